The molecule has 1 unspecified atom stereocenters. The van der Waals surface area contributed by atoms with Crippen molar-refractivity contribution >= 4 is 5.91 Å². The van der Waals surface area contributed by atoms with Crippen LogP contribution in [0, 0.1) is 0 Å². The van der Waals surface area contributed by atoms with E-state index >= 15 is 0 Å². The summed E-state index contributed by atoms with van der Waals surface area (Å²) in [5.74, 6) is 0.571. The van der Waals surface area contributed by atoms with Crippen molar-refractivity contribution in [1.29, 1.82) is 0 Å². The van der Waals surface area contributed by atoms with Gasteiger partial charge in [-0.25, -0.2) is 0 Å². The number of hydrogen-bond donors (Lipinski definition) is 1. The van der Waals surface area contributed by atoms with Crippen LogP contribution in [0.1, 0.15) is 24.8 Å². The molecule has 8 heteroatoms. The number of para-hydroxylation sites is 1. The summed E-state index contributed by atoms with van der Waals surface area (Å²) < 4.78 is 46.9. The van der Waals surface area contributed by atoms with E-state index in [0.717, 1.165) is 25.1 Å². The number of likely N-dealkylation sites (tertiary alicyclic amines) is 1. The molecule has 1 fully saturated rings. The summed E-state index contributed by atoms with van der Waals surface area (Å²) in [6, 6.07) is 15.4. The first-order valence-electron chi connectivity index (χ1n) is 9.93. The number of rotatable bonds is 10. The van der Waals surface area contributed by atoms with Crippen LogP contribution in [-0.2, 0) is 11.3 Å². The maximum atomic E-state index is 12.4. The van der Waals surface area contributed by atoms with E-state index in [0.29, 0.717) is 25.1 Å². The molecule has 30 heavy (non-hydrogen) atoms. The van der Waals surface area contributed by atoms with Crippen LogP contribution in [0.5, 0.6) is 11.5 Å². The molecule has 1 heterocycles. The van der Waals surface area contributed by atoms with Gasteiger partial charge < -0.3 is 19.7 Å². The van der Waals surface area contributed by atoms with E-state index in [1.807, 2.05) is 30.3 Å². The van der Waals surface area contributed by atoms with Crippen molar-refractivity contribution in [3.05, 3.63) is 60.2 Å². The second-order valence-corrected chi connectivity index (χ2v) is 7.11. The second-order valence-electron chi connectivity index (χ2n) is 7.11. The molecular formula is C22H25F3N2O3. The fraction of sp³-hybridized carbons (Fsp3) is 0.409. The van der Waals surface area contributed by atoms with Gasteiger partial charge in [0.15, 0.2) is 0 Å². The summed E-state index contributed by atoms with van der Waals surface area (Å²) in [6.07, 6.45) is -2.75. The molecule has 0 saturated carbocycles. The molecule has 1 saturated heterocycles. The minimum Gasteiger partial charge on any atom is -0.492 e. The monoisotopic (exact) mass is 422 g/mol. The van der Waals surface area contributed by atoms with E-state index in [1.54, 1.807) is 11.0 Å². The molecule has 0 spiro atoms. The van der Waals surface area contributed by atoms with Crippen LogP contribution in [0.15, 0.2) is 54.6 Å². The fourth-order valence-electron chi connectivity index (χ4n) is 3.50. The molecule has 1 N–H and O–H groups in total. The van der Waals surface area contributed by atoms with Crippen molar-refractivity contribution in [2.24, 2.45) is 0 Å². The van der Waals surface area contributed by atoms with Gasteiger partial charge in [0.25, 0.3) is 0 Å². The van der Waals surface area contributed by atoms with Crippen molar-refractivity contribution in [3.63, 3.8) is 0 Å². The topological polar surface area (TPSA) is 50.8 Å². The van der Waals surface area contributed by atoms with Gasteiger partial charge in [-0.15, -0.1) is 13.2 Å². The molecule has 1 aliphatic rings. The van der Waals surface area contributed by atoms with E-state index in [1.165, 1.54) is 18.2 Å². The third-order valence-corrected chi connectivity index (χ3v) is 4.88. The summed E-state index contributed by atoms with van der Waals surface area (Å²) in [4.78, 5) is 14.0. The van der Waals surface area contributed by atoms with Crippen LogP contribution in [0.2, 0.25) is 0 Å². The van der Waals surface area contributed by atoms with Gasteiger partial charge in [0.1, 0.15) is 18.1 Å². The van der Waals surface area contributed by atoms with Crippen molar-refractivity contribution in [1.82, 2.24) is 10.2 Å². The molecule has 2 aromatic rings. The predicted octanol–water partition coefficient (Wildman–Crippen LogP) is 4.13. The van der Waals surface area contributed by atoms with Gasteiger partial charge in [-0.05, 0) is 49.2 Å². The predicted molar refractivity (Wildman–Crippen MR) is 106 cm³/mol. The van der Waals surface area contributed by atoms with E-state index in [4.69, 9.17) is 4.74 Å². The first-order valence-corrected chi connectivity index (χ1v) is 9.93. The van der Waals surface area contributed by atoms with Crippen molar-refractivity contribution < 1.29 is 27.4 Å². The number of benzene rings is 2. The number of halogens is 3. The highest BCUT2D eigenvalue weighted by atomic mass is 19.4. The maximum Gasteiger partial charge on any atom is 0.573 e. The van der Waals surface area contributed by atoms with Crippen molar-refractivity contribution in [3.8, 4) is 11.5 Å². The van der Waals surface area contributed by atoms with Gasteiger partial charge in [0.05, 0.1) is 0 Å². The molecule has 1 amide bonds. The highest BCUT2D eigenvalue weighted by Gasteiger charge is 2.32. The molecule has 0 aromatic heterocycles. The zero-order valence-corrected chi connectivity index (χ0v) is 16.5. The normalized spacial score (nSPS) is 16.7. The van der Waals surface area contributed by atoms with Gasteiger partial charge in [0, 0.05) is 25.6 Å². The lowest BCUT2D eigenvalue weighted by Crippen LogP contribution is -2.35. The number of carbonyl (C=O) groups is 1. The molecule has 1 aliphatic heterocycles. The quantitative estimate of drug-likeness (QED) is 0.585. The zero-order valence-electron chi connectivity index (χ0n) is 16.5. The maximum absolute atomic E-state index is 12.4. The molecule has 3 rings (SSSR count). The Labute approximate surface area is 173 Å². The minimum atomic E-state index is -4.74. The average molecular weight is 422 g/mol. The number of ether oxygens (including phenoxy) is 2. The van der Waals surface area contributed by atoms with Gasteiger partial charge in [-0.2, -0.15) is 0 Å². The Bertz CT molecular complexity index is 815. The minimum absolute atomic E-state index is 0.0227. The van der Waals surface area contributed by atoms with Gasteiger partial charge in [-0.1, -0.05) is 30.3 Å². The second kappa shape index (κ2) is 10.3. The summed E-state index contributed by atoms with van der Waals surface area (Å²) in [6.45, 7) is 2.23. The first kappa shape index (κ1) is 22.0. The van der Waals surface area contributed by atoms with Crippen LogP contribution >= 0.6 is 0 Å². The van der Waals surface area contributed by atoms with Gasteiger partial charge >= 0.3 is 6.36 Å². The molecular weight excluding hydrogens is 397 g/mol. The van der Waals surface area contributed by atoms with E-state index in [-0.39, 0.29) is 24.2 Å². The highest BCUT2D eigenvalue weighted by molar-refractivity contribution is 5.78. The Hall–Kier alpha value is -2.74. The Morgan fingerprint density at radius 2 is 1.80 bits per heavy atom. The van der Waals surface area contributed by atoms with Crippen molar-refractivity contribution in [2.75, 3.05) is 19.7 Å². The Balaban J connectivity index is 1.43. The van der Waals surface area contributed by atoms with Gasteiger partial charge in [0.2, 0.25) is 5.91 Å². The lowest BCUT2D eigenvalue weighted by Gasteiger charge is -2.25. The third kappa shape index (κ3) is 6.95. The summed E-state index contributed by atoms with van der Waals surface area (Å²) in [5.41, 5.74) is 0.612. The van der Waals surface area contributed by atoms with Crippen LogP contribution in [0.4, 0.5) is 13.2 Å². The number of amides is 1. The number of alkyl halides is 3. The van der Waals surface area contributed by atoms with Crippen LogP contribution in [0.3, 0.4) is 0 Å². The van der Waals surface area contributed by atoms with E-state index in [9.17, 15) is 18.0 Å². The fourth-order valence-corrected chi connectivity index (χ4v) is 3.50. The molecule has 0 radical (unpaired) electrons. The number of hydrogen-bond acceptors (Lipinski definition) is 4. The lowest BCUT2D eigenvalue weighted by atomic mass is 10.1. The number of nitrogens with one attached hydrogen (secondary N) is 1. The van der Waals surface area contributed by atoms with Crippen molar-refractivity contribution in [2.45, 2.75) is 38.2 Å². The molecule has 162 valence electrons. The zero-order chi connectivity index (χ0) is 21.4. The van der Waals surface area contributed by atoms with Crippen LogP contribution < -0.4 is 14.8 Å². The Kier molecular flexibility index (Phi) is 7.57. The molecule has 0 bridgehead atoms. The van der Waals surface area contributed by atoms with Crippen LogP contribution in [0.25, 0.3) is 0 Å². The van der Waals surface area contributed by atoms with E-state index in [2.05, 4.69) is 10.1 Å². The van der Waals surface area contributed by atoms with Crippen LogP contribution in [-0.4, -0.2) is 42.9 Å². The standard InChI is InChI=1S/C22H25F3N2O3/c23-22(24,25)30-20-8-4-5-17(15-20)16-27-18(9-10-21(27)28)11-12-26-13-14-29-19-6-2-1-3-7-19/h1-8,15,18,26H,9-14,16H2. The molecule has 5 nitrogen and oxygen atoms in total. The number of carbonyl (C=O) groups excluding carboxylic acids is 1. The largest absolute Gasteiger partial charge is 0.573 e. The molecule has 1 atom stereocenters. The first-order chi connectivity index (χ1) is 14.4. The molecule has 2 aromatic carbocycles. The average Bonchev–Trinajstić information content (AvgIpc) is 3.04. The molecule has 0 aliphatic carbocycles. The summed E-state index contributed by atoms with van der Waals surface area (Å²) in [7, 11) is 0. The smallest absolute Gasteiger partial charge is 0.492 e. The Morgan fingerprint density at radius 3 is 2.57 bits per heavy atom. The SMILES string of the molecule is O=C1CCC(CCNCCOc2ccccc2)N1Cc1cccc(OC(F)(F)F)c1. The summed E-state index contributed by atoms with van der Waals surface area (Å²) >= 11 is 0. The lowest BCUT2D eigenvalue weighted by molar-refractivity contribution is -0.274. The third-order valence-electron chi connectivity index (χ3n) is 4.88. The highest BCUT2D eigenvalue weighted by Crippen LogP contribution is 2.27. The van der Waals surface area contributed by atoms with Gasteiger partial charge in [-0.3, -0.25) is 4.79 Å². The number of nitrogens with zero attached hydrogens (tertiary/aromatic N) is 1. The summed E-state index contributed by atoms with van der Waals surface area (Å²) in [5, 5.41) is 3.31. The van der Waals surface area contributed by atoms with E-state index < -0.39 is 6.36 Å². The Morgan fingerprint density at radius 1 is 1.03 bits per heavy atom.